The minimum atomic E-state index is -4.99. The van der Waals surface area contributed by atoms with Crippen LogP contribution >= 0.6 is 11.6 Å². The van der Waals surface area contributed by atoms with Gasteiger partial charge in [-0.1, -0.05) is 11.6 Å². The average molecular weight is 280 g/mol. The van der Waals surface area contributed by atoms with Gasteiger partial charge in [0.1, 0.15) is 0 Å². The van der Waals surface area contributed by atoms with Crippen molar-refractivity contribution in [3.05, 3.63) is 22.8 Å². The monoisotopic (exact) mass is 279 g/mol. The Labute approximate surface area is 95.7 Å². The molecular weight excluding hydrogens is 276 g/mol. The third kappa shape index (κ3) is 3.13. The summed E-state index contributed by atoms with van der Waals surface area (Å²) in [4.78, 5) is 2.94. The van der Waals surface area contributed by atoms with Crippen molar-refractivity contribution in [1.82, 2.24) is 4.98 Å². The van der Waals surface area contributed by atoms with Gasteiger partial charge in [0.15, 0.2) is 5.82 Å². The molecule has 0 unspecified atom stereocenters. The van der Waals surface area contributed by atoms with Crippen molar-refractivity contribution in [2.24, 2.45) is 5.84 Å². The third-order valence-corrected chi connectivity index (χ3v) is 1.93. The van der Waals surface area contributed by atoms with E-state index >= 15 is 0 Å². The van der Waals surface area contributed by atoms with E-state index in [0.29, 0.717) is 6.07 Å². The molecule has 17 heavy (non-hydrogen) atoms. The fourth-order valence-electron chi connectivity index (χ4n) is 0.883. The van der Waals surface area contributed by atoms with Gasteiger partial charge in [-0.15, -0.1) is 13.2 Å². The Morgan fingerprint density at radius 3 is 2.06 bits per heavy atom. The molecule has 1 rings (SSSR count). The van der Waals surface area contributed by atoms with Gasteiger partial charge in [0, 0.05) is 6.20 Å². The number of hydrogen-bond acceptors (Lipinski definition) is 3. The van der Waals surface area contributed by atoms with Gasteiger partial charge in [0.2, 0.25) is 0 Å². The quantitative estimate of drug-likeness (QED) is 0.372. The van der Waals surface area contributed by atoms with Crippen molar-refractivity contribution in [1.29, 1.82) is 0 Å². The molecule has 96 valence electrons. The molecule has 0 aliphatic carbocycles. The van der Waals surface area contributed by atoms with Crippen molar-refractivity contribution < 1.29 is 26.3 Å². The molecule has 1 aromatic heterocycles. The zero-order valence-corrected chi connectivity index (χ0v) is 8.53. The van der Waals surface area contributed by atoms with Gasteiger partial charge in [-0.2, -0.15) is 18.2 Å². The summed E-state index contributed by atoms with van der Waals surface area (Å²) in [6.07, 6.45) is -9.52. The second kappa shape index (κ2) is 4.22. The van der Waals surface area contributed by atoms with Gasteiger partial charge in [-0.25, -0.2) is 10.8 Å². The molecule has 0 bridgehead atoms. The molecule has 1 heterocycles. The lowest BCUT2D eigenvalue weighted by Crippen LogP contribution is -2.44. The summed E-state index contributed by atoms with van der Waals surface area (Å²) in [6, 6.07) is 0.315. The van der Waals surface area contributed by atoms with E-state index in [2.05, 4.69) is 10.8 Å². The topological polar surface area (TPSA) is 42.1 Å². The first kappa shape index (κ1) is 13.8. The Hall–Kier alpha value is -1.22. The summed E-state index contributed by atoms with van der Waals surface area (Å²) in [7, 11) is 0. The van der Waals surface area contributed by atoms with Crippen LogP contribution in [0.15, 0.2) is 12.3 Å². The zero-order valence-electron chi connectivity index (χ0n) is 7.77. The molecule has 0 aliphatic heterocycles. The van der Waals surface area contributed by atoms with Crippen molar-refractivity contribution in [2.75, 3.05) is 5.01 Å². The highest BCUT2D eigenvalue weighted by molar-refractivity contribution is 6.33. The number of halogens is 7. The van der Waals surface area contributed by atoms with E-state index in [1.165, 1.54) is 0 Å². The number of anilines is 1. The molecular formula is C7H4ClF6N3. The highest BCUT2D eigenvalue weighted by Crippen LogP contribution is 2.35. The van der Waals surface area contributed by atoms with Crippen LogP contribution < -0.4 is 10.9 Å². The normalized spacial score (nSPS) is 12.7. The molecule has 0 aromatic carbocycles. The van der Waals surface area contributed by atoms with E-state index in [1.807, 2.05) is 0 Å². The molecule has 0 saturated heterocycles. The Bertz CT molecular complexity index is 415. The Morgan fingerprint density at radius 1 is 1.18 bits per heavy atom. The first-order chi connectivity index (χ1) is 7.53. The molecule has 2 N–H and O–H groups in total. The maximum absolute atomic E-state index is 12.2. The summed E-state index contributed by atoms with van der Waals surface area (Å²) >= 11 is 5.25. The summed E-state index contributed by atoms with van der Waals surface area (Å²) in [6.45, 7) is 0. The minimum absolute atomic E-state index is 0.215. The fourth-order valence-corrected chi connectivity index (χ4v) is 1.14. The number of nitrogens with zero attached hydrogens (tertiary/aromatic N) is 2. The zero-order chi connectivity index (χ0) is 13.4. The van der Waals surface area contributed by atoms with Crippen LogP contribution in [-0.2, 0) is 6.18 Å². The van der Waals surface area contributed by atoms with Crippen molar-refractivity contribution in [2.45, 2.75) is 12.5 Å². The van der Waals surface area contributed by atoms with E-state index in [4.69, 9.17) is 11.6 Å². The Kier molecular flexibility index (Phi) is 3.44. The van der Waals surface area contributed by atoms with Crippen molar-refractivity contribution in [3.63, 3.8) is 0 Å². The van der Waals surface area contributed by atoms with Crippen molar-refractivity contribution >= 4 is 17.4 Å². The molecule has 1 aromatic rings. The second-order valence-electron chi connectivity index (χ2n) is 2.87. The van der Waals surface area contributed by atoms with Crippen LogP contribution in [0, 0.1) is 0 Å². The van der Waals surface area contributed by atoms with Crippen LogP contribution in [0.4, 0.5) is 32.2 Å². The van der Waals surface area contributed by atoms with Crippen LogP contribution in [0.3, 0.4) is 0 Å². The van der Waals surface area contributed by atoms with Gasteiger partial charge in [-0.05, 0) is 6.07 Å². The highest BCUT2D eigenvalue weighted by atomic mass is 35.5. The van der Waals surface area contributed by atoms with Gasteiger partial charge < -0.3 is 0 Å². The minimum Gasteiger partial charge on any atom is -0.239 e. The van der Waals surface area contributed by atoms with Crippen molar-refractivity contribution in [3.8, 4) is 0 Å². The number of rotatable bonds is 1. The van der Waals surface area contributed by atoms with Gasteiger partial charge in [0.25, 0.3) is 0 Å². The van der Waals surface area contributed by atoms with Gasteiger partial charge >= 0.3 is 12.5 Å². The number of hydrogen-bond donors (Lipinski definition) is 1. The van der Waals surface area contributed by atoms with Gasteiger partial charge in [-0.3, -0.25) is 0 Å². The van der Waals surface area contributed by atoms with Crippen LogP contribution in [0.25, 0.3) is 0 Å². The molecule has 0 amide bonds. The maximum atomic E-state index is 12.2. The maximum Gasteiger partial charge on any atom is 0.500 e. The molecule has 3 nitrogen and oxygen atoms in total. The predicted octanol–water partition coefficient (Wildman–Crippen LogP) is 2.95. The van der Waals surface area contributed by atoms with Crippen LogP contribution in [0.2, 0.25) is 5.02 Å². The summed E-state index contributed by atoms with van der Waals surface area (Å²) in [5.41, 5.74) is -1.26. The summed E-state index contributed by atoms with van der Waals surface area (Å²) < 4.78 is 72.9. The number of aromatic nitrogens is 1. The van der Waals surface area contributed by atoms with E-state index in [-0.39, 0.29) is 6.20 Å². The van der Waals surface area contributed by atoms with Crippen LogP contribution in [0.1, 0.15) is 5.56 Å². The smallest absolute Gasteiger partial charge is 0.239 e. The number of hydrazine groups is 1. The lowest BCUT2D eigenvalue weighted by molar-refractivity contribution is -0.137. The van der Waals surface area contributed by atoms with Crippen LogP contribution in [0.5, 0.6) is 0 Å². The number of alkyl halides is 6. The van der Waals surface area contributed by atoms with E-state index in [1.54, 1.807) is 0 Å². The standard InChI is InChI=1S/C7H4ClF6N3/c8-4-1-3(6(9,10)11)2-16-5(4)17(15)7(12,13)14/h1-2H,15H2. The molecule has 0 saturated carbocycles. The van der Waals surface area contributed by atoms with E-state index in [0.717, 1.165) is 0 Å². The second-order valence-corrected chi connectivity index (χ2v) is 3.27. The first-order valence-electron chi connectivity index (χ1n) is 3.88. The number of nitrogens with two attached hydrogens (primary N) is 1. The average Bonchev–Trinajstić information content (AvgIpc) is 2.13. The SMILES string of the molecule is NN(c1ncc(C(F)(F)F)cc1Cl)C(F)(F)F. The molecule has 0 spiro atoms. The largest absolute Gasteiger partial charge is 0.500 e. The van der Waals surface area contributed by atoms with E-state index < -0.39 is 33.9 Å². The molecule has 0 aliphatic rings. The number of pyridine rings is 1. The highest BCUT2D eigenvalue weighted by Gasteiger charge is 2.39. The lowest BCUT2D eigenvalue weighted by atomic mass is 10.3. The Morgan fingerprint density at radius 2 is 1.71 bits per heavy atom. The summed E-state index contributed by atoms with van der Waals surface area (Å²) in [5.74, 6) is 3.60. The fraction of sp³-hybridized carbons (Fsp3) is 0.286. The first-order valence-corrected chi connectivity index (χ1v) is 4.25. The van der Waals surface area contributed by atoms with Crippen LogP contribution in [-0.4, -0.2) is 11.3 Å². The molecule has 0 atom stereocenters. The van der Waals surface area contributed by atoms with E-state index in [9.17, 15) is 26.3 Å². The van der Waals surface area contributed by atoms with Gasteiger partial charge in [0.05, 0.1) is 10.6 Å². The summed E-state index contributed by atoms with van der Waals surface area (Å²) in [5, 5.41) is -1.62. The molecule has 0 radical (unpaired) electrons. The predicted molar refractivity (Wildman–Crippen MR) is 47.0 cm³/mol. The molecule has 10 heteroatoms. The molecule has 0 fully saturated rings. The Balaban J connectivity index is 3.15. The lowest BCUT2D eigenvalue weighted by Gasteiger charge is -2.21. The third-order valence-electron chi connectivity index (χ3n) is 1.65.